The normalized spacial score (nSPS) is 11.7. The monoisotopic (exact) mass is 536 g/mol. The summed E-state index contributed by atoms with van der Waals surface area (Å²) in [4.78, 5) is 33.7. The molecule has 0 aliphatic rings. The van der Waals surface area contributed by atoms with Crippen LogP contribution in [0.5, 0.6) is 5.75 Å². The van der Waals surface area contributed by atoms with Gasteiger partial charge in [0.2, 0.25) is 5.91 Å². The fourth-order valence-electron chi connectivity index (χ4n) is 4.31. The van der Waals surface area contributed by atoms with Crippen LogP contribution in [0.3, 0.4) is 0 Å². The predicted octanol–water partition coefficient (Wildman–Crippen LogP) is 5.76. The number of hydrogen-bond donors (Lipinski definition) is 3. The first-order chi connectivity index (χ1) is 19.2. The number of H-pyrrole nitrogens is 2. The molecule has 0 spiro atoms. The van der Waals surface area contributed by atoms with Crippen LogP contribution in [0.25, 0.3) is 55.8 Å². The molecule has 6 rings (SSSR count). The Bertz CT molecular complexity index is 1900. The lowest BCUT2D eigenvalue weighted by Gasteiger charge is -2.17. The van der Waals surface area contributed by atoms with Gasteiger partial charge in [0.05, 0.1) is 53.6 Å². The summed E-state index contributed by atoms with van der Waals surface area (Å²) in [5.41, 5.74) is 5.27. The first kappa shape index (κ1) is 25.1. The van der Waals surface area contributed by atoms with Crippen molar-refractivity contribution in [1.29, 1.82) is 0 Å². The number of nitrogens with one attached hydrogen (secondary N) is 3. The zero-order valence-electron chi connectivity index (χ0n) is 22.2. The van der Waals surface area contributed by atoms with E-state index in [1.54, 1.807) is 37.1 Å². The van der Waals surface area contributed by atoms with Crippen molar-refractivity contribution in [2.24, 2.45) is 5.41 Å². The number of carbonyl (C=O) groups is 1. The van der Waals surface area contributed by atoms with Crippen LogP contribution in [0.15, 0.2) is 61.3 Å². The van der Waals surface area contributed by atoms with Crippen LogP contribution in [0.1, 0.15) is 20.8 Å². The maximum absolute atomic E-state index is 14.2. The van der Waals surface area contributed by atoms with Crippen molar-refractivity contribution in [3.05, 3.63) is 67.1 Å². The number of benzene rings is 1. The molecule has 0 radical (unpaired) electrons. The van der Waals surface area contributed by atoms with Gasteiger partial charge in [-0.25, -0.2) is 9.37 Å². The molecule has 1 amide bonds. The van der Waals surface area contributed by atoms with Crippen LogP contribution >= 0.6 is 0 Å². The molecule has 0 bridgehead atoms. The molecular formula is C29H25FN8O2. The number of ether oxygens (including phenoxy) is 1. The Morgan fingerprint density at radius 3 is 2.58 bits per heavy atom. The Balaban J connectivity index is 1.40. The van der Waals surface area contributed by atoms with E-state index in [9.17, 15) is 9.18 Å². The number of methoxy groups -OCH3 is 1. The number of nitrogens with zero attached hydrogens (tertiary/aromatic N) is 5. The number of rotatable bonds is 5. The van der Waals surface area contributed by atoms with E-state index in [0.717, 1.165) is 16.5 Å². The van der Waals surface area contributed by atoms with Gasteiger partial charge in [-0.3, -0.25) is 24.8 Å². The van der Waals surface area contributed by atoms with Crippen molar-refractivity contribution in [3.8, 4) is 39.7 Å². The molecule has 0 atom stereocenters. The molecule has 0 saturated heterocycles. The average molecular weight is 537 g/mol. The Morgan fingerprint density at radius 2 is 1.77 bits per heavy atom. The largest absolute Gasteiger partial charge is 0.497 e. The van der Waals surface area contributed by atoms with Gasteiger partial charge in [-0.05, 0) is 29.8 Å². The maximum atomic E-state index is 14.2. The summed E-state index contributed by atoms with van der Waals surface area (Å²) in [7, 11) is 1.49. The molecule has 0 aliphatic carbocycles. The van der Waals surface area contributed by atoms with Crippen molar-refractivity contribution in [2.45, 2.75) is 20.8 Å². The van der Waals surface area contributed by atoms with Crippen LogP contribution < -0.4 is 10.1 Å². The lowest BCUT2D eigenvalue weighted by atomic mass is 9.95. The highest BCUT2D eigenvalue weighted by atomic mass is 19.1. The van der Waals surface area contributed by atoms with Crippen molar-refractivity contribution < 1.29 is 13.9 Å². The van der Waals surface area contributed by atoms with Gasteiger partial charge in [0.25, 0.3) is 0 Å². The number of halogens is 1. The third kappa shape index (κ3) is 4.62. The Hall–Kier alpha value is -5.19. The lowest BCUT2D eigenvalue weighted by Crippen LogP contribution is -2.27. The van der Waals surface area contributed by atoms with Gasteiger partial charge < -0.3 is 15.0 Å². The third-order valence-corrected chi connectivity index (χ3v) is 6.46. The van der Waals surface area contributed by atoms with Gasteiger partial charge in [0.15, 0.2) is 5.82 Å². The minimum atomic E-state index is -0.540. The van der Waals surface area contributed by atoms with Crippen molar-refractivity contribution in [2.75, 3.05) is 12.4 Å². The molecule has 5 aromatic heterocycles. The summed E-state index contributed by atoms with van der Waals surface area (Å²) in [5.74, 6) is 0.386. The van der Waals surface area contributed by atoms with E-state index in [0.29, 0.717) is 50.8 Å². The summed E-state index contributed by atoms with van der Waals surface area (Å²) in [6, 6.07) is 8.20. The number of pyridine rings is 3. The van der Waals surface area contributed by atoms with Gasteiger partial charge in [-0.2, -0.15) is 5.10 Å². The van der Waals surface area contributed by atoms with Gasteiger partial charge in [-0.1, -0.05) is 20.8 Å². The summed E-state index contributed by atoms with van der Waals surface area (Å²) >= 11 is 0. The minimum Gasteiger partial charge on any atom is -0.497 e. The molecule has 1 aromatic carbocycles. The van der Waals surface area contributed by atoms with Gasteiger partial charge >= 0.3 is 0 Å². The van der Waals surface area contributed by atoms with Gasteiger partial charge in [0.1, 0.15) is 17.3 Å². The number of hydrogen-bond acceptors (Lipinski definition) is 7. The Morgan fingerprint density at radius 1 is 0.950 bits per heavy atom. The van der Waals surface area contributed by atoms with Gasteiger partial charge in [0, 0.05) is 40.4 Å². The quantitative estimate of drug-likeness (QED) is 0.255. The highest BCUT2D eigenvalue weighted by molar-refractivity contribution is 5.98. The molecule has 0 unspecified atom stereocenters. The number of aromatic nitrogens is 7. The van der Waals surface area contributed by atoms with Crippen molar-refractivity contribution >= 4 is 33.5 Å². The second-order valence-corrected chi connectivity index (χ2v) is 10.4. The molecule has 6 aromatic rings. The molecule has 0 aliphatic heterocycles. The third-order valence-electron chi connectivity index (χ3n) is 6.46. The number of imidazole rings is 1. The fraction of sp³-hybridized carbons (Fsp3) is 0.172. The smallest absolute Gasteiger partial charge is 0.229 e. The molecule has 3 N–H and O–H groups in total. The second kappa shape index (κ2) is 9.53. The maximum Gasteiger partial charge on any atom is 0.229 e. The first-order valence-electron chi connectivity index (χ1n) is 12.5. The molecule has 0 fully saturated rings. The molecule has 40 heavy (non-hydrogen) atoms. The fourth-order valence-corrected chi connectivity index (χ4v) is 4.31. The van der Waals surface area contributed by atoms with E-state index in [1.165, 1.54) is 19.2 Å². The summed E-state index contributed by atoms with van der Waals surface area (Å²) in [5, 5.41) is 11.2. The molecular weight excluding hydrogens is 511 g/mol. The number of carbonyl (C=O) groups excluding carboxylic acids is 1. The zero-order chi connectivity index (χ0) is 28.0. The van der Waals surface area contributed by atoms with E-state index >= 15 is 0 Å². The molecule has 10 nitrogen and oxygen atoms in total. The van der Waals surface area contributed by atoms with E-state index in [1.807, 2.05) is 32.9 Å². The Kier molecular flexibility index (Phi) is 5.98. The summed E-state index contributed by atoms with van der Waals surface area (Å²) in [6.45, 7) is 5.55. The lowest BCUT2D eigenvalue weighted by molar-refractivity contribution is -0.123. The number of anilines is 1. The van der Waals surface area contributed by atoms with E-state index in [-0.39, 0.29) is 5.91 Å². The molecule has 5 heterocycles. The topological polar surface area (TPSA) is 134 Å². The molecule has 0 saturated carbocycles. The van der Waals surface area contributed by atoms with E-state index < -0.39 is 11.2 Å². The van der Waals surface area contributed by atoms with Crippen LogP contribution in [0.2, 0.25) is 0 Å². The SMILES string of the molecule is COc1cc(F)cc(-c2cncc3[nH]c(-c4n[nH]c5cnc(-c6cncc(NC(=O)C(C)(C)C)c6)cc45)nc23)c1. The minimum absolute atomic E-state index is 0.109. The average Bonchev–Trinajstić information content (AvgIpc) is 3.56. The van der Waals surface area contributed by atoms with Crippen LogP contribution in [0.4, 0.5) is 10.1 Å². The second-order valence-electron chi connectivity index (χ2n) is 10.4. The number of amides is 1. The predicted molar refractivity (Wildman–Crippen MR) is 150 cm³/mol. The van der Waals surface area contributed by atoms with E-state index in [4.69, 9.17) is 9.72 Å². The van der Waals surface area contributed by atoms with Crippen molar-refractivity contribution in [3.63, 3.8) is 0 Å². The number of aromatic amines is 2. The molecule has 11 heteroatoms. The highest BCUT2D eigenvalue weighted by Crippen LogP contribution is 2.33. The van der Waals surface area contributed by atoms with Crippen LogP contribution in [-0.2, 0) is 4.79 Å². The highest BCUT2D eigenvalue weighted by Gasteiger charge is 2.22. The number of fused-ring (bicyclic) bond motifs is 2. The first-order valence-corrected chi connectivity index (χ1v) is 12.5. The van der Waals surface area contributed by atoms with E-state index in [2.05, 4.69) is 35.5 Å². The molecule has 200 valence electrons. The van der Waals surface area contributed by atoms with Crippen molar-refractivity contribution in [1.82, 2.24) is 35.1 Å². The summed E-state index contributed by atoms with van der Waals surface area (Å²) in [6.07, 6.45) is 8.29. The van der Waals surface area contributed by atoms with Gasteiger partial charge in [-0.15, -0.1) is 0 Å². The standard InChI is InChI=1S/C29H25FN8O2/c1-29(2,3)28(39)34-18-6-16(10-31-11-18)22-9-20-23(14-33-22)37-38-26(20)27-35-24-13-32-12-21(25(24)36-27)15-5-17(30)8-19(7-15)40-4/h5-14H,1-4H3,(H,34,39)(H,35,36)(H,37,38). The zero-order valence-corrected chi connectivity index (χ0v) is 22.2. The Labute approximate surface area is 228 Å². The van der Waals surface area contributed by atoms with Crippen LogP contribution in [-0.4, -0.2) is 48.1 Å². The summed E-state index contributed by atoms with van der Waals surface area (Å²) < 4.78 is 19.5. The van der Waals surface area contributed by atoms with Crippen LogP contribution in [0, 0.1) is 11.2 Å².